The van der Waals surface area contributed by atoms with Crippen LogP contribution in [0.3, 0.4) is 0 Å². The molecular weight excluding hydrogens is 344 g/mol. The van der Waals surface area contributed by atoms with Gasteiger partial charge in [0.2, 0.25) is 5.91 Å². The third kappa shape index (κ3) is 3.14. The minimum Gasteiger partial charge on any atom is -0.351 e. The molecule has 1 amide bonds. The van der Waals surface area contributed by atoms with Crippen molar-refractivity contribution >= 4 is 11.6 Å². The summed E-state index contributed by atoms with van der Waals surface area (Å²) in [6.45, 7) is 4.51. The van der Waals surface area contributed by atoms with Crippen LogP contribution in [0.2, 0.25) is 0 Å². The fourth-order valence-electron chi connectivity index (χ4n) is 3.65. The van der Waals surface area contributed by atoms with Gasteiger partial charge >= 0.3 is 0 Å². The Kier molecular flexibility index (Phi) is 4.32. The number of carbonyl (C=O) groups is 1. The van der Waals surface area contributed by atoms with Gasteiger partial charge in [0.15, 0.2) is 5.65 Å². The maximum Gasteiger partial charge on any atom is 0.220 e. The van der Waals surface area contributed by atoms with E-state index in [9.17, 15) is 4.79 Å². The highest BCUT2D eigenvalue weighted by Gasteiger charge is 2.21. The van der Waals surface area contributed by atoms with Crippen molar-refractivity contribution in [3.05, 3.63) is 40.9 Å². The quantitative estimate of drug-likeness (QED) is 0.735. The number of aryl methyl sites for hydroxylation is 3. The number of aromatic nitrogens is 6. The lowest BCUT2D eigenvalue weighted by Crippen LogP contribution is -2.41. The highest BCUT2D eigenvalue weighted by atomic mass is 16.1. The van der Waals surface area contributed by atoms with Crippen LogP contribution in [0.25, 0.3) is 5.65 Å². The number of carbonyl (C=O) groups excluding carboxylic acids is 1. The summed E-state index contributed by atoms with van der Waals surface area (Å²) >= 11 is 0. The fraction of sp³-hybridized carbons (Fsp3) is 0.444. The Bertz CT molecular complexity index is 1060. The van der Waals surface area contributed by atoms with Gasteiger partial charge in [0.1, 0.15) is 23.8 Å². The average Bonchev–Trinajstić information content (AvgIpc) is 3.27. The van der Waals surface area contributed by atoms with E-state index in [-0.39, 0.29) is 11.9 Å². The van der Waals surface area contributed by atoms with Crippen LogP contribution in [0.1, 0.15) is 41.2 Å². The van der Waals surface area contributed by atoms with Crippen LogP contribution in [-0.4, -0.2) is 41.3 Å². The smallest absolute Gasteiger partial charge is 0.220 e. The summed E-state index contributed by atoms with van der Waals surface area (Å²) in [6, 6.07) is 2.19. The van der Waals surface area contributed by atoms with E-state index in [0.29, 0.717) is 30.6 Å². The monoisotopic (exact) mass is 364 g/mol. The highest BCUT2D eigenvalue weighted by molar-refractivity contribution is 5.76. The topological polar surface area (TPSA) is 114 Å². The van der Waals surface area contributed by atoms with Crippen LogP contribution in [0.4, 0.5) is 0 Å². The van der Waals surface area contributed by atoms with E-state index in [0.717, 1.165) is 35.6 Å². The molecule has 1 N–H and O–H groups in total. The molecule has 3 aromatic heterocycles. The maximum absolute atomic E-state index is 12.4. The predicted octanol–water partition coefficient (Wildman–Crippen LogP) is 0.873. The SMILES string of the molecule is Cc1nc2c(C#N)cnn2c(C)c1CCC(=O)NC1CCc2ncnn2C1. The molecule has 4 heterocycles. The number of hydrogen-bond acceptors (Lipinski definition) is 6. The number of rotatable bonds is 4. The van der Waals surface area contributed by atoms with Gasteiger partial charge in [0.25, 0.3) is 0 Å². The fourth-order valence-corrected chi connectivity index (χ4v) is 3.65. The van der Waals surface area contributed by atoms with Crippen molar-refractivity contribution in [2.24, 2.45) is 0 Å². The lowest BCUT2D eigenvalue weighted by molar-refractivity contribution is -0.122. The van der Waals surface area contributed by atoms with E-state index in [1.165, 1.54) is 6.20 Å². The molecule has 0 fully saturated rings. The summed E-state index contributed by atoms with van der Waals surface area (Å²) < 4.78 is 3.53. The largest absolute Gasteiger partial charge is 0.351 e. The van der Waals surface area contributed by atoms with E-state index in [1.54, 1.807) is 10.8 Å². The third-order valence-electron chi connectivity index (χ3n) is 5.10. The summed E-state index contributed by atoms with van der Waals surface area (Å²) in [5, 5.41) is 20.7. The Morgan fingerprint density at radius 1 is 1.41 bits per heavy atom. The molecule has 0 bridgehead atoms. The predicted molar refractivity (Wildman–Crippen MR) is 95.8 cm³/mol. The Morgan fingerprint density at radius 3 is 3.07 bits per heavy atom. The second kappa shape index (κ2) is 6.79. The van der Waals surface area contributed by atoms with Gasteiger partial charge in [-0.2, -0.15) is 15.5 Å². The lowest BCUT2D eigenvalue weighted by Gasteiger charge is -2.23. The molecule has 1 aliphatic heterocycles. The molecular formula is C18H20N8O. The van der Waals surface area contributed by atoms with Gasteiger partial charge in [-0.15, -0.1) is 0 Å². The molecule has 0 spiro atoms. The van der Waals surface area contributed by atoms with Crippen LogP contribution in [0.5, 0.6) is 0 Å². The zero-order valence-electron chi connectivity index (χ0n) is 15.3. The number of nitrogens with zero attached hydrogens (tertiary/aromatic N) is 7. The summed E-state index contributed by atoms with van der Waals surface area (Å²) in [5.74, 6) is 0.989. The molecule has 0 radical (unpaired) electrons. The van der Waals surface area contributed by atoms with Crippen molar-refractivity contribution in [1.82, 2.24) is 34.7 Å². The van der Waals surface area contributed by atoms with Gasteiger partial charge < -0.3 is 5.32 Å². The summed E-state index contributed by atoms with van der Waals surface area (Å²) in [7, 11) is 0. The molecule has 27 heavy (non-hydrogen) atoms. The van der Waals surface area contributed by atoms with Gasteiger partial charge in [-0.3, -0.25) is 4.79 Å². The van der Waals surface area contributed by atoms with Crippen molar-refractivity contribution in [3.63, 3.8) is 0 Å². The Morgan fingerprint density at radius 2 is 2.26 bits per heavy atom. The van der Waals surface area contributed by atoms with E-state index < -0.39 is 0 Å². The number of hydrogen-bond donors (Lipinski definition) is 1. The van der Waals surface area contributed by atoms with Crippen molar-refractivity contribution < 1.29 is 4.79 Å². The van der Waals surface area contributed by atoms with Gasteiger partial charge in [-0.25, -0.2) is 19.2 Å². The number of nitrogens with one attached hydrogen (secondary N) is 1. The molecule has 0 aliphatic carbocycles. The first-order chi connectivity index (χ1) is 13.1. The molecule has 1 unspecified atom stereocenters. The average molecular weight is 364 g/mol. The van der Waals surface area contributed by atoms with Crippen LogP contribution in [0, 0.1) is 25.2 Å². The van der Waals surface area contributed by atoms with Gasteiger partial charge in [0, 0.05) is 30.3 Å². The van der Waals surface area contributed by atoms with Crippen LogP contribution in [0.15, 0.2) is 12.5 Å². The van der Waals surface area contributed by atoms with Crippen molar-refractivity contribution in [2.45, 2.75) is 52.1 Å². The molecule has 138 valence electrons. The molecule has 3 aromatic rings. The van der Waals surface area contributed by atoms with Crippen molar-refractivity contribution in [2.75, 3.05) is 0 Å². The van der Waals surface area contributed by atoms with E-state index in [4.69, 9.17) is 5.26 Å². The molecule has 1 aliphatic rings. The zero-order valence-corrected chi connectivity index (χ0v) is 15.3. The zero-order chi connectivity index (χ0) is 19.0. The van der Waals surface area contributed by atoms with E-state index in [2.05, 4.69) is 31.6 Å². The molecule has 0 saturated heterocycles. The first kappa shape index (κ1) is 17.1. The van der Waals surface area contributed by atoms with Crippen LogP contribution >= 0.6 is 0 Å². The third-order valence-corrected chi connectivity index (χ3v) is 5.10. The summed E-state index contributed by atoms with van der Waals surface area (Å²) in [6.07, 6.45) is 5.73. The van der Waals surface area contributed by atoms with Gasteiger partial charge in [-0.05, 0) is 32.3 Å². The Labute approximate surface area is 156 Å². The maximum atomic E-state index is 12.4. The molecule has 0 aromatic carbocycles. The second-order valence-corrected chi connectivity index (χ2v) is 6.83. The minimum absolute atomic E-state index is 0.0145. The van der Waals surface area contributed by atoms with Gasteiger partial charge in [0.05, 0.1) is 12.7 Å². The first-order valence-corrected chi connectivity index (χ1v) is 8.96. The molecule has 4 rings (SSSR count). The Balaban J connectivity index is 1.43. The normalized spacial score (nSPS) is 16.1. The van der Waals surface area contributed by atoms with E-state index >= 15 is 0 Å². The summed E-state index contributed by atoms with van der Waals surface area (Å²) in [4.78, 5) is 21.1. The first-order valence-electron chi connectivity index (χ1n) is 8.96. The van der Waals surface area contributed by atoms with E-state index in [1.807, 2.05) is 18.5 Å². The van der Waals surface area contributed by atoms with Crippen molar-refractivity contribution in [3.8, 4) is 6.07 Å². The number of amides is 1. The minimum atomic E-state index is 0.0145. The van der Waals surface area contributed by atoms with Crippen LogP contribution in [-0.2, 0) is 24.2 Å². The molecule has 9 nitrogen and oxygen atoms in total. The highest BCUT2D eigenvalue weighted by Crippen LogP contribution is 2.18. The molecule has 1 atom stereocenters. The molecule has 9 heteroatoms. The Hall–Kier alpha value is -3.28. The van der Waals surface area contributed by atoms with Gasteiger partial charge in [-0.1, -0.05) is 0 Å². The van der Waals surface area contributed by atoms with Crippen molar-refractivity contribution in [1.29, 1.82) is 5.26 Å². The molecule has 0 saturated carbocycles. The second-order valence-electron chi connectivity index (χ2n) is 6.83. The summed E-state index contributed by atoms with van der Waals surface area (Å²) in [5.41, 5.74) is 3.75. The number of nitriles is 1. The lowest BCUT2D eigenvalue weighted by atomic mass is 10.0. The number of fused-ring (bicyclic) bond motifs is 2. The van der Waals surface area contributed by atoms with Crippen LogP contribution < -0.4 is 5.32 Å². The standard InChI is InChI=1S/C18H20N8O/c1-11-15(12(2)26-18(23-11)13(7-19)8-21-26)4-6-17(27)24-14-3-5-16-20-10-22-25(16)9-14/h8,10,14H,3-6,9H2,1-2H3,(H,24,27).